The number of hydrogen-bond acceptors (Lipinski definition) is 0. The second-order valence-corrected chi connectivity index (χ2v) is 3.85. The van der Waals surface area contributed by atoms with E-state index >= 15 is 0 Å². The highest BCUT2D eigenvalue weighted by atomic mass is 35.5. The van der Waals surface area contributed by atoms with Gasteiger partial charge in [-0.15, -0.1) is 0 Å². The number of nitrogens with zero attached hydrogens (tertiary/aromatic N) is 1. The van der Waals surface area contributed by atoms with Crippen LogP contribution >= 0.6 is 46.4 Å². The highest BCUT2D eigenvalue weighted by Crippen LogP contribution is 2.45. The van der Waals surface area contributed by atoms with Gasteiger partial charge in [0.15, 0.2) is 0 Å². The summed E-state index contributed by atoms with van der Waals surface area (Å²) in [6.45, 7) is 8.52. The van der Waals surface area contributed by atoms with E-state index in [0.717, 1.165) is 0 Å². The Kier molecular flexibility index (Phi) is 3.32. The van der Waals surface area contributed by atoms with Gasteiger partial charge in [-0.1, -0.05) is 46.4 Å². The fraction of sp³-hybridized carbons (Fsp3) is 0.125. The minimum Gasteiger partial charge on any atom is -0.235 e. The average Bonchev–Trinajstić information content (AvgIpc) is 2.13. The van der Waals surface area contributed by atoms with Gasteiger partial charge in [0, 0.05) is 0 Å². The van der Waals surface area contributed by atoms with E-state index in [-0.39, 0.29) is 25.8 Å². The molecule has 0 atom stereocenters. The summed E-state index contributed by atoms with van der Waals surface area (Å²) in [4.78, 5) is 3.15. The fourth-order valence-electron chi connectivity index (χ4n) is 0.828. The summed E-state index contributed by atoms with van der Waals surface area (Å²) in [6, 6.07) is 0. The van der Waals surface area contributed by atoms with Crippen LogP contribution in [0.4, 0.5) is 5.69 Å². The number of hydrogen-bond donors (Lipinski definition) is 0. The maximum atomic E-state index is 6.83. The monoisotopic (exact) mass is 253 g/mol. The molecule has 0 aliphatic carbocycles. The van der Waals surface area contributed by atoms with E-state index in [2.05, 4.69) is 4.85 Å². The fourth-order valence-corrected chi connectivity index (χ4v) is 1.85. The van der Waals surface area contributed by atoms with Crippen molar-refractivity contribution < 1.29 is 0 Å². The molecule has 0 spiro atoms. The first-order chi connectivity index (χ1) is 6.00. The summed E-state index contributed by atoms with van der Waals surface area (Å²) in [7, 11) is 0. The molecular weight excluding hydrogens is 252 g/mol. The van der Waals surface area contributed by atoms with E-state index in [9.17, 15) is 0 Å². The Bertz CT molecular complexity index is 377. The van der Waals surface area contributed by atoms with Crippen molar-refractivity contribution in [1.29, 1.82) is 0 Å². The molecule has 0 fully saturated rings. The lowest BCUT2D eigenvalue weighted by atomic mass is 10.2. The standard InChI is InChI=1S/C8H3Cl4N/c1-3-4(9)6(11)8(13-2)7(12)5(3)10/h1H3. The maximum Gasteiger partial charge on any atom is 0.226 e. The number of benzene rings is 1. The minimum atomic E-state index is 0.101. The van der Waals surface area contributed by atoms with Crippen LogP contribution in [-0.2, 0) is 0 Å². The first kappa shape index (κ1) is 10.9. The van der Waals surface area contributed by atoms with E-state index in [1.165, 1.54) is 0 Å². The van der Waals surface area contributed by atoms with Crippen molar-refractivity contribution in [3.63, 3.8) is 0 Å². The van der Waals surface area contributed by atoms with Crippen molar-refractivity contribution >= 4 is 52.1 Å². The molecule has 0 aromatic heterocycles. The van der Waals surface area contributed by atoms with Crippen molar-refractivity contribution in [3.8, 4) is 0 Å². The highest BCUT2D eigenvalue weighted by molar-refractivity contribution is 6.50. The van der Waals surface area contributed by atoms with Crippen LogP contribution in [0.1, 0.15) is 5.56 Å². The van der Waals surface area contributed by atoms with Crippen LogP contribution in [0.2, 0.25) is 20.1 Å². The maximum absolute atomic E-state index is 6.83. The first-order valence-corrected chi connectivity index (χ1v) is 4.72. The van der Waals surface area contributed by atoms with Gasteiger partial charge in [0.25, 0.3) is 0 Å². The summed E-state index contributed by atoms with van der Waals surface area (Å²) in [5, 5.41) is 0.872. The van der Waals surface area contributed by atoms with E-state index in [0.29, 0.717) is 5.56 Å². The van der Waals surface area contributed by atoms with Crippen LogP contribution < -0.4 is 0 Å². The smallest absolute Gasteiger partial charge is 0.226 e. The van der Waals surface area contributed by atoms with Crippen LogP contribution in [0, 0.1) is 13.5 Å². The Morgan fingerprint density at radius 3 is 1.62 bits per heavy atom. The van der Waals surface area contributed by atoms with Crippen LogP contribution in [0.15, 0.2) is 0 Å². The molecule has 5 heteroatoms. The molecule has 0 aliphatic rings. The molecule has 0 saturated carbocycles. The Morgan fingerprint density at radius 1 is 0.923 bits per heavy atom. The first-order valence-electron chi connectivity index (χ1n) is 3.20. The molecule has 68 valence electrons. The summed E-state index contributed by atoms with van der Waals surface area (Å²) in [5.74, 6) is 0. The van der Waals surface area contributed by atoms with Gasteiger partial charge in [-0.2, -0.15) is 0 Å². The molecule has 1 aromatic rings. The highest BCUT2D eigenvalue weighted by Gasteiger charge is 2.17. The molecule has 0 unspecified atom stereocenters. The van der Waals surface area contributed by atoms with Gasteiger partial charge in [0.05, 0.1) is 26.7 Å². The van der Waals surface area contributed by atoms with Gasteiger partial charge < -0.3 is 0 Å². The predicted molar refractivity (Wildman–Crippen MR) is 57.5 cm³/mol. The largest absolute Gasteiger partial charge is 0.235 e. The molecule has 13 heavy (non-hydrogen) atoms. The van der Waals surface area contributed by atoms with Crippen molar-refractivity contribution in [2.45, 2.75) is 6.92 Å². The molecule has 0 aliphatic heterocycles. The Morgan fingerprint density at radius 2 is 1.31 bits per heavy atom. The summed E-state index contributed by atoms with van der Waals surface area (Å²) >= 11 is 23.2. The number of rotatable bonds is 0. The molecule has 0 bridgehead atoms. The van der Waals surface area contributed by atoms with Gasteiger partial charge in [-0.3, -0.25) is 0 Å². The lowest BCUT2D eigenvalue weighted by Gasteiger charge is -2.07. The average molecular weight is 255 g/mol. The Labute approximate surface area is 96.0 Å². The quantitative estimate of drug-likeness (QED) is 0.445. The van der Waals surface area contributed by atoms with Gasteiger partial charge in [-0.05, 0) is 12.5 Å². The molecule has 0 radical (unpaired) electrons. The summed E-state index contributed by atoms with van der Waals surface area (Å²) in [6.07, 6.45) is 0. The van der Waals surface area contributed by atoms with Crippen LogP contribution in [-0.4, -0.2) is 0 Å². The summed E-state index contributed by atoms with van der Waals surface area (Å²) in [5.41, 5.74) is 0.690. The zero-order valence-electron chi connectivity index (χ0n) is 6.46. The molecule has 1 rings (SSSR count). The van der Waals surface area contributed by atoms with Crippen LogP contribution in [0.3, 0.4) is 0 Å². The molecule has 0 amide bonds. The molecular formula is C8H3Cl4N. The topological polar surface area (TPSA) is 4.36 Å². The van der Waals surface area contributed by atoms with Gasteiger partial charge in [0.2, 0.25) is 5.69 Å². The second kappa shape index (κ2) is 3.94. The van der Waals surface area contributed by atoms with Crippen molar-refractivity contribution in [3.05, 3.63) is 37.1 Å². The zero-order chi connectivity index (χ0) is 10.2. The SMILES string of the molecule is [C-]#[N+]c1c(Cl)c(Cl)c(C)c(Cl)c1Cl. The second-order valence-electron chi connectivity index (χ2n) is 2.34. The molecule has 0 saturated heterocycles. The zero-order valence-corrected chi connectivity index (χ0v) is 9.48. The molecule has 0 N–H and O–H groups in total. The van der Waals surface area contributed by atoms with Crippen LogP contribution in [0.25, 0.3) is 4.85 Å². The third kappa shape index (κ3) is 1.73. The summed E-state index contributed by atoms with van der Waals surface area (Å²) < 4.78 is 0. The lowest BCUT2D eigenvalue weighted by molar-refractivity contribution is 1.48. The lowest BCUT2D eigenvalue weighted by Crippen LogP contribution is -1.82. The predicted octanol–water partition coefficient (Wildman–Crippen LogP) is 5.16. The van der Waals surface area contributed by atoms with Crippen molar-refractivity contribution in [2.24, 2.45) is 0 Å². The third-order valence-electron chi connectivity index (χ3n) is 1.57. The Hall–Kier alpha value is -0.130. The van der Waals surface area contributed by atoms with Crippen molar-refractivity contribution in [2.75, 3.05) is 0 Å². The molecule has 0 heterocycles. The van der Waals surface area contributed by atoms with E-state index in [1.807, 2.05) is 0 Å². The van der Waals surface area contributed by atoms with Gasteiger partial charge in [-0.25, -0.2) is 4.85 Å². The molecule has 1 nitrogen and oxygen atoms in total. The normalized spacial score (nSPS) is 9.85. The van der Waals surface area contributed by atoms with Crippen molar-refractivity contribution in [1.82, 2.24) is 0 Å². The van der Waals surface area contributed by atoms with E-state index in [1.54, 1.807) is 6.92 Å². The van der Waals surface area contributed by atoms with Crippen LogP contribution in [0.5, 0.6) is 0 Å². The number of halogens is 4. The van der Waals surface area contributed by atoms with Gasteiger partial charge in [0.1, 0.15) is 0 Å². The minimum absolute atomic E-state index is 0.101. The third-order valence-corrected chi connectivity index (χ3v) is 3.45. The van der Waals surface area contributed by atoms with E-state index < -0.39 is 0 Å². The molecule has 1 aromatic carbocycles. The van der Waals surface area contributed by atoms with Gasteiger partial charge >= 0.3 is 0 Å². The van der Waals surface area contributed by atoms with E-state index in [4.69, 9.17) is 53.0 Å². The Balaban J connectivity index is 3.69.